The van der Waals surface area contributed by atoms with Gasteiger partial charge in [0.2, 0.25) is 11.7 Å². The molecule has 2 aromatic carbocycles. The molecule has 5 nitrogen and oxygen atoms in total. The highest BCUT2D eigenvalue weighted by atomic mass is 19.1. The summed E-state index contributed by atoms with van der Waals surface area (Å²) in [4.78, 5) is 16.8. The number of benzene rings is 2. The topological polar surface area (TPSA) is 70.7 Å². The first-order valence-electron chi connectivity index (χ1n) is 9.35. The fraction of sp³-hybridized carbons (Fsp3) is 0.286. The van der Waals surface area contributed by atoms with E-state index in [9.17, 15) is 9.18 Å². The van der Waals surface area contributed by atoms with Crippen LogP contribution in [0.5, 0.6) is 0 Å². The lowest BCUT2D eigenvalue weighted by atomic mass is 9.99. The first kappa shape index (κ1) is 16.2. The van der Waals surface area contributed by atoms with E-state index in [4.69, 9.17) is 0 Å². The van der Waals surface area contributed by atoms with Crippen molar-refractivity contribution in [3.05, 3.63) is 69.8 Å². The molecule has 5 rings (SSSR count). The number of carbonyl (C=O) groups is 1. The molecule has 2 aliphatic rings. The fourth-order valence-corrected chi connectivity index (χ4v) is 4.24. The fourth-order valence-electron chi connectivity index (χ4n) is 4.24. The maximum absolute atomic E-state index is 13.1. The number of aromatic amines is 1. The summed E-state index contributed by atoms with van der Waals surface area (Å²) in [5.74, 6) is -0.138. The van der Waals surface area contributed by atoms with Gasteiger partial charge in [0.15, 0.2) is 5.82 Å². The number of H-pyrrole nitrogens is 1. The van der Waals surface area contributed by atoms with E-state index >= 15 is 0 Å². The Hall–Kier alpha value is -3.02. The first-order valence-corrected chi connectivity index (χ1v) is 9.35. The second-order valence-corrected chi connectivity index (χ2v) is 7.20. The van der Waals surface area contributed by atoms with Crippen LogP contribution in [0.3, 0.4) is 0 Å². The number of hydrogen-bond donors (Lipinski definition) is 2. The third-order valence-electron chi connectivity index (χ3n) is 5.52. The van der Waals surface area contributed by atoms with Crippen LogP contribution in [0.1, 0.15) is 51.3 Å². The van der Waals surface area contributed by atoms with Gasteiger partial charge in [0.1, 0.15) is 5.82 Å². The molecule has 1 heterocycles. The lowest BCUT2D eigenvalue weighted by Crippen LogP contribution is -2.05. The molecular weight excluding hydrogens is 343 g/mol. The minimum absolute atomic E-state index is 0.147. The van der Waals surface area contributed by atoms with Crippen LogP contribution in [-0.2, 0) is 25.7 Å². The Labute approximate surface area is 156 Å². The predicted octanol–water partition coefficient (Wildman–Crippen LogP) is 3.90. The predicted molar refractivity (Wildman–Crippen MR) is 100.0 cm³/mol. The zero-order valence-corrected chi connectivity index (χ0v) is 14.8. The standard InChI is InChI=1S/C21H19FN4O/c22-15-9-7-12(8-10-15)19(27)20-24-21(26-25-20)23-18-16-5-1-3-13(16)11-14-4-2-6-17(14)18/h7-11H,1-6H2,(H2,23,24,25,26). The molecule has 6 heteroatoms. The van der Waals surface area contributed by atoms with Crippen molar-refractivity contribution in [1.29, 1.82) is 0 Å². The molecule has 0 bridgehead atoms. The Kier molecular flexibility index (Phi) is 3.77. The van der Waals surface area contributed by atoms with E-state index < -0.39 is 0 Å². The third kappa shape index (κ3) is 2.81. The number of hydrogen-bond acceptors (Lipinski definition) is 4. The minimum atomic E-state index is -0.377. The Morgan fingerprint density at radius 3 is 2.33 bits per heavy atom. The molecule has 0 saturated carbocycles. The average molecular weight is 362 g/mol. The van der Waals surface area contributed by atoms with Gasteiger partial charge in [-0.3, -0.25) is 9.89 Å². The summed E-state index contributed by atoms with van der Waals surface area (Å²) in [5, 5.41) is 10.3. The average Bonchev–Trinajstić information content (AvgIpc) is 3.42. The molecule has 27 heavy (non-hydrogen) atoms. The Morgan fingerprint density at radius 1 is 1.00 bits per heavy atom. The van der Waals surface area contributed by atoms with Crippen molar-refractivity contribution in [1.82, 2.24) is 15.2 Å². The monoisotopic (exact) mass is 362 g/mol. The highest BCUT2D eigenvalue weighted by Gasteiger charge is 2.25. The van der Waals surface area contributed by atoms with Gasteiger partial charge in [-0.1, -0.05) is 6.07 Å². The normalized spacial score (nSPS) is 14.9. The number of nitrogens with one attached hydrogen (secondary N) is 2. The zero-order chi connectivity index (χ0) is 18.4. The maximum atomic E-state index is 13.1. The van der Waals surface area contributed by atoms with E-state index in [1.54, 1.807) is 0 Å². The van der Waals surface area contributed by atoms with Crippen LogP contribution in [0.2, 0.25) is 0 Å². The van der Waals surface area contributed by atoms with Gasteiger partial charge in [0.25, 0.3) is 0 Å². The second-order valence-electron chi connectivity index (χ2n) is 7.20. The van der Waals surface area contributed by atoms with Gasteiger partial charge in [-0.05, 0) is 85.0 Å². The molecular formula is C21H19FN4O. The van der Waals surface area contributed by atoms with Crippen LogP contribution in [0.4, 0.5) is 16.0 Å². The number of halogens is 1. The molecule has 0 atom stereocenters. The van der Waals surface area contributed by atoms with Crippen LogP contribution >= 0.6 is 0 Å². The molecule has 3 aromatic rings. The first-order chi connectivity index (χ1) is 13.2. The Balaban J connectivity index is 1.45. The van der Waals surface area contributed by atoms with E-state index in [0.29, 0.717) is 11.5 Å². The van der Waals surface area contributed by atoms with Crippen molar-refractivity contribution >= 4 is 17.4 Å². The summed E-state index contributed by atoms with van der Waals surface area (Å²) in [6, 6.07) is 7.80. The summed E-state index contributed by atoms with van der Waals surface area (Å²) in [5.41, 5.74) is 7.10. The molecule has 0 unspecified atom stereocenters. The quantitative estimate of drug-likeness (QED) is 0.691. The number of nitrogens with zero attached hydrogens (tertiary/aromatic N) is 2. The Bertz CT molecular complexity index is 1010. The number of aromatic nitrogens is 3. The highest BCUT2D eigenvalue weighted by Crippen LogP contribution is 2.39. The number of anilines is 2. The number of ketones is 1. The van der Waals surface area contributed by atoms with Crippen molar-refractivity contribution in [2.75, 3.05) is 5.32 Å². The lowest BCUT2D eigenvalue weighted by Gasteiger charge is -2.15. The highest BCUT2D eigenvalue weighted by molar-refractivity contribution is 6.06. The van der Waals surface area contributed by atoms with Crippen LogP contribution in [-0.4, -0.2) is 21.0 Å². The van der Waals surface area contributed by atoms with Gasteiger partial charge in [0, 0.05) is 11.3 Å². The van der Waals surface area contributed by atoms with Crippen molar-refractivity contribution < 1.29 is 9.18 Å². The van der Waals surface area contributed by atoms with Gasteiger partial charge >= 0.3 is 0 Å². The second kappa shape index (κ2) is 6.30. The molecule has 1 aromatic heterocycles. The van der Waals surface area contributed by atoms with Crippen molar-refractivity contribution in [2.45, 2.75) is 38.5 Å². The molecule has 136 valence electrons. The summed E-state index contributed by atoms with van der Waals surface area (Å²) < 4.78 is 13.1. The lowest BCUT2D eigenvalue weighted by molar-refractivity contribution is 0.103. The van der Waals surface area contributed by atoms with E-state index in [1.807, 2.05) is 0 Å². The van der Waals surface area contributed by atoms with Crippen molar-refractivity contribution in [3.63, 3.8) is 0 Å². The number of rotatable bonds is 4. The molecule has 0 aliphatic heterocycles. The van der Waals surface area contributed by atoms with Gasteiger partial charge < -0.3 is 5.32 Å². The van der Waals surface area contributed by atoms with Crippen LogP contribution in [0, 0.1) is 5.82 Å². The SMILES string of the molecule is O=C(c1ccc(F)cc1)c1nc(Nc2c3c(cc4c2CCC4)CCC3)n[nH]1. The molecule has 0 radical (unpaired) electrons. The molecule has 0 amide bonds. The van der Waals surface area contributed by atoms with Gasteiger partial charge in [-0.15, -0.1) is 5.10 Å². The number of carbonyl (C=O) groups excluding carboxylic acids is 1. The summed E-state index contributed by atoms with van der Waals surface area (Å²) in [6.45, 7) is 0. The molecule has 2 aliphatic carbocycles. The summed E-state index contributed by atoms with van der Waals surface area (Å²) in [7, 11) is 0. The Morgan fingerprint density at radius 2 is 1.67 bits per heavy atom. The van der Waals surface area contributed by atoms with Crippen molar-refractivity contribution in [2.24, 2.45) is 0 Å². The van der Waals surface area contributed by atoms with Gasteiger partial charge in [-0.25, -0.2) is 4.39 Å². The molecule has 0 fully saturated rings. The third-order valence-corrected chi connectivity index (χ3v) is 5.52. The number of fused-ring (bicyclic) bond motifs is 2. The number of aryl methyl sites for hydroxylation is 2. The molecule has 0 saturated heterocycles. The van der Waals surface area contributed by atoms with Crippen LogP contribution in [0.25, 0.3) is 0 Å². The van der Waals surface area contributed by atoms with Crippen LogP contribution < -0.4 is 5.32 Å². The van der Waals surface area contributed by atoms with Crippen molar-refractivity contribution in [3.8, 4) is 0 Å². The molecule has 2 N–H and O–H groups in total. The van der Waals surface area contributed by atoms with E-state index in [1.165, 1.54) is 59.4 Å². The maximum Gasteiger partial charge on any atom is 0.246 e. The van der Waals surface area contributed by atoms with E-state index in [-0.39, 0.29) is 17.4 Å². The zero-order valence-electron chi connectivity index (χ0n) is 14.8. The molecule has 0 spiro atoms. The summed E-state index contributed by atoms with van der Waals surface area (Å²) >= 11 is 0. The van der Waals surface area contributed by atoms with Crippen LogP contribution in [0.15, 0.2) is 30.3 Å². The van der Waals surface area contributed by atoms with E-state index in [0.717, 1.165) is 31.4 Å². The van der Waals surface area contributed by atoms with Gasteiger partial charge in [0.05, 0.1) is 0 Å². The van der Waals surface area contributed by atoms with E-state index in [2.05, 4.69) is 26.6 Å². The smallest absolute Gasteiger partial charge is 0.246 e. The summed E-state index contributed by atoms with van der Waals surface area (Å²) in [6.07, 6.45) is 6.73. The van der Waals surface area contributed by atoms with Gasteiger partial charge in [-0.2, -0.15) is 4.98 Å². The minimum Gasteiger partial charge on any atom is -0.322 e. The largest absolute Gasteiger partial charge is 0.322 e.